The molecule has 1 unspecified atom stereocenters. The van der Waals surface area contributed by atoms with Gasteiger partial charge in [-0.2, -0.15) is 10.4 Å². The minimum absolute atomic E-state index is 0.0853. The summed E-state index contributed by atoms with van der Waals surface area (Å²) in [5.74, 6) is 0.696. The summed E-state index contributed by atoms with van der Waals surface area (Å²) in [6, 6.07) is 6.92. The molecule has 2 atom stereocenters. The molecular formula is C30H41N7O. The quantitative estimate of drug-likeness (QED) is 0.571. The van der Waals surface area contributed by atoms with Gasteiger partial charge < -0.3 is 20.0 Å². The van der Waals surface area contributed by atoms with E-state index in [0.29, 0.717) is 38.0 Å². The van der Waals surface area contributed by atoms with E-state index in [1.54, 1.807) is 0 Å². The molecule has 2 fully saturated rings. The van der Waals surface area contributed by atoms with Gasteiger partial charge >= 0.3 is 6.03 Å². The van der Waals surface area contributed by atoms with Crippen molar-refractivity contribution in [3.05, 3.63) is 48.3 Å². The van der Waals surface area contributed by atoms with Gasteiger partial charge in [0.2, 0.25) is 0 Å². The van der Waals surface area contributed by atoms with Crippen LogP contribution in [-0.2, 0) is 0 Å². The maximum Gasteiger partial charge on any atom is 0.317 e. The number of hydrogen-bond acceptors (Lipinski definition) is 5. The number of fused-ring (bicyclic) bond motifs is 1. The molecule has 8 nitrogen and oxygen atoms in total. The summed E-state index contributed by atoms with van der Waals surface area (Å²) in [6.07, 6.45) is 15.2. The molecule has 2 aliphatic heterocycles. The fourth-order valence-corrected chi connectivity index (χ4v) is 6.19. The summed E-state index contributed by atoms with van der Waals surface area (Å²) < 4.78 is 1.98. The summed E-state index contributed by atoms with van der Waals surface area (Å²) in [7, 11) is 0. The number of carbonyl (C=O) groups excluding carboxylic acids is 1. The Morgan fingerprint density at radius 2 is 2.08 bits per heavy atom. The van der Waals surface area contributed by atoms with Gasteiger partial charge in [-0.3, -0.25) is 0 Å². The van der Waals surface area contributed by atoms with Crippen molar-refractivity contribution < 1.29 is 4.79 Å². The fraction of sp³-hybridized carbons (Fsp3) is 0.567. The highest BCUT2D eigenvalue weighted by atomic mass is 16.2. The van der Waals surface area contributed by atoms with Gasteiger partial charge in [-0.15, -0.1) is 0 Å². The van der Waals surface area contributed by atoms with Gasteiger partial charge in [0.15, 0.2) is 0 Å². The number of piperidine rings is 1. The third kappa shape index (κ3) is 5.44. The first-order chi connectivity index (χ1) is 18.4. The number of piperazine rings is 1. The van der Waals surface area contributed by atoms with Crippen LogP contribution >= 0.6 is 0 Å². The Balaban J connectivity index is 1.26. The molecule has 2 amide bonds. The minimum atomic E-state index is -0.0853. The highest BCUT2D eigenvalue weighted by Gasteiger charge is 2.36. The molecule has 5 rings (SSSR count). The number of nitrogens with one attached hydrogen (secondary N) is 1. The molecule has 202 valence electrons. The molecule has 0 radical (unpaired) electrons. The van der Waals surface area contributed by atoms with Crippen LogP contribution < -0.4 is 10.2 Å². The first-order valence-corrected chi connectivity index (χ1v) is 14.1. The number of aromatic nitrogens is 2. The summed E-state index contributed by atoms with van der Waals surface area (Å²) in [4.78, 5) is 19.2. The Morgan fingerprint density at radius 3 is 2.79 bits per heavy atom. The van der Waals surface area contributed by atoms with Crippen LogP contribution in [0.5, 0.6) is 0 Å². The highest BCUT2D eigenvalue weighted by molar-refractivity contribution is 5.83. The van der Waals surface area contributed by atoms with Crippen molar-refractivity contribution >= 4 is 22.8 Å². The van der Waals surface area contributed by atoms with Crippen LogP contribution in [-0.4, -0.2) is 77.3 Å². The molecule has 0 saturated carbocycles. The zero-order valence-electron chi connectivity index (χ0n) is 23.1. The van der Waals surface area contributed by atoms with Gasteiger partial charge in [0.25, 0.3) is 0 Å². The second-order valence-electron chi connectivity index (χ2n) is 11.5. The second-order valence-corrected chi connectivity index (χ2v) is 11.5. The smallest absolute Gasteiger partial charge is 0.317 e. The van der Waals surface area contributed by atoms with Crippen molar-refractivity contribution in [3.8, 4) is 6.07 Å². The zero-order chi connectivity index (χ0) is 26.7. The molecule has 1 aliphatic carbocycles. The standard InChI is InChI=1S/C30H41N7O/c1-23(2)36-15-4-6-26(22-36)30(3)10-7-24(8-11-30)25-20-28-27(9-14-33-37(28)21-25)34-16-18-35(19-17-34)29(38)32-13-5-12-31/h7-10,14,20-21,23,26H,4-6,11,13,15-19,22H2,1-3H3,(H,32,38)/t26-,30?/m1/s1. The van der Waals surface area contributed by atoms with E-state index in [1.165, 1.54) is 37.1 Å². The van der Waals surface area contributed by atoms with Gasteiger partial charge in [-0.1, -0.05) is 25.2 Å². The van der Waals surface area contributed by atoms with E-state index >= 15 is 0 Å². The minimum Gasteiger partial charge on any atom is -0.366 e. The SMILES string of the molecule is CC(C)N1CCC[C@@H](C2(C)C=CC(c3cc4c(N5CCN(C(=O)NCCC#N)CC5)ccnn4c3)=CC2)C1. The van der Waals surface area contributed by atoms with Crippen molar-refractivity contribution in [2.24, 2.45) is 11.3 Å². The van der Waals surface area contributed by atoms with Crippen LogP contribution in [0.2, 0.25) is 0 Å². The van der Waals surface area contributed by atoms with Crippen molar-refractivity contribution in [1.29, 1.82) is 5.26 Å². The number of allylic oxidation sites excluding steroid dienone is 4. The Labute approximate surface area is 226 Å². The van der Waals surface area contributed by atoms with Crippen LogP contribution in [0, 0.1) is 22.7 Å². The second kappa shape index (κ2) is 11.2. The lowest BCUT2D eigenvalue weighted by Crippen LogP contribution is -2.52. The Bertz CT molecular complexity index is 1250. The van der Waals surface area contributed by atoms with Gasteiger partial charge in [0, 0.05) is 63.3 Å². The fourth-order valence-electron chi connectivity index (χ4n) is 6.19. The predicted molar refractivity (Wildman–Crippen MR) is 152 cm³/mol. The van der Waals surface area contributed by atoms with E-state index < -0.39 is 0 Å². The maximum absolute atomic E-state index is 12.4. The van der Waals surface area contributed by atoms with E-state index in [-0.39, 0.29) is 11.4 Å². The molecule has 0 spiro atoms. The molecule has 1 N–H and O–H groups in total. The summed E-state index contributed by atoms with van der Waals surface area (Å²) in [5, 5.41) is 16.1. The monoisotopic (exact) mass is 515 g/mol. The summed E-state index contributed by atoms with van der Waals surface area (Å²) in [5.41, 5.74) is 4.93. The molecule has 38 heavy (non-hydrogen) atoms. The first-order valence-electron chi connectivity index (χ1n) is 14.1. The summed E-state index contributed by atoms with van der Waals surface area (Å²) in [6.45, 7) is 12.7. The normalized spacial score (nSPS) is 24.5. The number of carbonyl (C=O) groups is 1. The Kier molecular flexibility index (Phi) is 7.75. The third-order valence-electron chi connectivity index (χ3n) is 8.76. The van der Waals surface area contributed by atoms with Crippen LogP contribution in [0.4, 0.5) is 10.5 Å². The van der Waals surface area contributed by atoms with Gasteiger partial charge in [0.1, 0.15) is 0 Å². The average Bonchev–Trinajstić information content (AvgIpc) is 3.38. The van der Waals surface area contributed by atoms with Crippen LogP contribution in [0.1, 0.15) is 52.0 Å². The van der Waals surface area contributed by atoms with Crippen molar-refractivity contribution in [2.45, 2.75) is 52.5 Å². The predicted octanol–water partition coefficient (Wildman–Crippen LogP) is 4.55. The van der Waals surface area contributed by atoms with Crippen molar-refractivity contribution in [2.75, 3.05) is 50.7 Å². The molecule has 4 heterocycles. The number of anilines is 1. The number of amides is 2. The molecule has 0 bridgehead atoms. The van der Waals surface area contributed by atoms with Crippen molar-refractivity contribution in [1.82, 2.24) is 24.7 Å². The lowest BCUT2D eigenvalue weighted by atomic mass is 9.68. The number of rotatable bonds is 6. The van der Waals surface area contributed by atoms with Gasteiger partial charge in [-0.05, 0) is 68.7 Å². The van der Waals surface area contributed by atoms with Gasteiger partial charge in [-0.25, -0.2) is 9.31 Å². The molecular weight excluding hydrogens is 474 g/mol. The average molecular weight is 516 g/mol. The number of urea groups is 1. The topological polar surface area (TPSA) is 79.9 Å². The highest BCUT2D eigenvalue weighted by Crippen LogP contribution is 2.43. The molecule has 2 saturated heterocycles. The van der Waals surface area contributed by atoms with Gasteiger partial charge in [0.05, 0.1) is 23.7 Å². The van der Waals surface area contributed by atoms with E-state index in [4.69, 9.17) is 5.26 Å². The number of likely N-dealkylation sites (tertiary alicyclic amines) is 1. The molecule has 2 aromatic rings. The largest absolute Gasteiger partial charge is 0.366 e. The lowest BCUT2D eigenvalue weighted by molar-refractivity contribution is 0.0843. The molecule has 3 aliphatic rings. The molecule has 8 heteroatoms. The third-order valence-corrected chi connectivity index (χ3v) is 8.76. The van der Waals surface area contributed by atoms with Crippen molar-refractivity contribution in [3.63, 3.8) is 0 Å². The number of nitrogens with zero attached hydrogens (tertiary/aromatic N) is 6. The lowest BCUT2D eigenvalue weighted by Gasteiger charge is -2.44. The molecule has 0 aromatic carbocycles. The Hall–Kier alpha value is -3.31. The zero-order valence-corrected chi connectivity index (χ0v) is 23.1. The van der Waals surface area contributed by atoms with E-state index in [2.05, 4.69) is 83.6 Å². The van der Waals surface area contributed by atoms with Crippen LogP contribution in [0.15, 0.2) is 42.8 Å². The first kappa shape index (κ1) is 26.3. The van der Waals surface area contributed by atoms with Crippen LogP contribution in [0.25, 0.3) is 11.1 Å². The van der Waals surface area contributed by atoms with E-state index in [9.17, 15) is 4.79 Å². The summed E-state index contributed by atoms with van der Waals surface area (Å²) >= 11 is 0. The van der Waals surface area contributed by atoms with Crippen LogP contribution in [0.3, 0.4) is 0 Å². The molecule has 2 aromatic heterocycles. The number of hydrogen-bond donors (Lipinski definition) is 1. The Morgan fingerprint density at radius 1 is 1.26 bits per heavy atom. The maximum atomic E-state index is 12.4. The van der Waals surface area contributed by atoms with E-state index in [0.717, 1.165) is 30.7 Å². The van der Waals surface area contributed by atoms with E-state index in [1.807, 2.05) is 15.6 Å². The number of nitriles is 1.